The first-order chi connectivity index (χ1) is 7.70. The van der Waals surface area contributed by atoms with Crippen LogP contribution >= 0.6 is 69.6 Å². The Bertz CT molecular complexity index is 395. The third-order valence-corrected chi connectivity index (χ3v) is 2.83. The van der Waals surface area contributed by atoms with Crippen molar-refractivity contribution in [3.8, 4) is 0 Å². The largest absolute Gasteiger partial charge is 0.234 e. The summed E-state index contributed by atoms with van der Waals surface area (Å²) in [5.41, 5.74) is 0.684. The van der Waals surface area contributed by atoms with E-state index in [2.05, 4.69) is 4.99 Å². The molecular formula is C10H7Cl6N. The van der Waals surface area contributed by atoms with Crippen LogP contribution in [0.3, 0.4) is 0 Å². The van der Waals surface area contributed by atoms with Gasteiger partial charge in [-0.2, -0.15) is 0 Å². The number of alkyl halides is 5. The summed E-state index contributed by atoms with van der Waals surface area (Å²) in [5.74, 6) is 0. The van der Waals surface area contributed by atoms with Crippen molar-refractivity contribution in [2.24, 2.45) is 4.99 Å². The number of aliphatic imine (C=N–C) groups is 1. The lowest BCUT2D eigenvalue weighted by Crippen LogP contribution is -2.20. The minimum absolute atomic E-state index is 0.157. The van der Waals surface area contributed by atoms with Crippen LogP contribution in [0, 0.1) is 0 Å². The van der Waals surface area contributed by atoms with Gasteiger partial charge in [-0.25, -0.2) is 4.99 Å². The number of halogens is 6. The Labute approximate surface area is 130 Å². The zero-order valence-electron chi connectivity index (χ0n) is 8.31. The molecule has 0 spiro atoms. The molecule has 7 heteroatoms. The van der Waals surface area contributed by atoms with E-state index in [0.29, 0.717) is 5.56 Å². The molecule has 0 atom stereocenters. The van der Waals surface area contributed by atoms with Gasteiger partial charge in [-0.05, 0) is 0 Å². The number of hydrogen-bond acceptors (Lipinski definition) is 1. The van der Waals surface area contributed by atoms with Crippen LogP contribution < -0.4 is 0 Å². The lowest BCUT2D eigenvalue weighted by Gasteiger charge is -2.20. The Kier molecular flexibility index (Phi) is 5.71. The fourth-order valence-corrected chi connectivity index (χ4v) is 2.98. The van der Waals surface area contributed by atoms with Gasteiger partial charge in [-0.1, -0.05) is 99.9 Å². The molecule has 0 fully saturated rings. The van der Waals surface area contributed by atoms with Gasteiger partial charge in [0.25, 0.3) is 0 Å². The lowest BCUT2D eigenvalue weighted by atomic mass is 10.2. The van der Waals surface area contributed by atoms with E-state index >= 15 is 0 Å². The highest BCUT2D eigenvalue weighted by Crippen LogP contribution is 2.41. The second kappa shape index (κ2) is 6.18. The first-order valence-corrected chi connectivity index (χ1v) is 6.72. The summed E-state index contributed by atoms with van der Waals surface area (Å²) >= 11 is 34.6. The minimum Gasteiger partial charge on any atom is -0.234 e. The predicted octanol–water partition coefficient (Wildman–Crippen LogP) is 5.56. The molecule has 0 aliphatic carbocycles. The Morgan fingerprint density at radius 1 is 1.00 bits per heavy atom. The summed E-state index contributed by atoms with van der Waals surface area (Å²) in [7, 11) is 0. The van der Waals surface area contributed by atoms with Crippen molar-refractivity contribution in [2.45, 2.75) is 14.7 Å². The molecule has 1 nitrogen and oxygen atoms in total. The van der Waals surface area contributed by atoms with Crippen molar-refractivity contribution >= 4 is 74.8 Å². The summed E-state index contributed by atoms with van der Waals surface area (Å²) in [4.78, 5) is 3.92. The molecule has 0 amide bonds. The molecule has 0 aliphatic heterocycles. The molecule has 0 N–H and O–H groups in total. The molecule has 0 unspecified atom stereocenters. The van der Waals surface area contributed by atoms with Crippen LogP contribution in [-0.2, 0) is 0 Å². The molecule has 94 valence electrons. The van der Waals surface area contributed by atoms with E-state index in [1.165, 1.54) is 0 Å². The molecule has 0 aromatic heterocycles. The Morgan fingerprint density at radius 2 is 1.53 bits per heavy atom. The first kappa shape index (κ1) is 15.7. The molecule has 1 rings (SSSR count). The molecule has 0 radical (unpaired) electrons. The van der Waals surface area contributed by atoms with E-state index in [4.69, 9.17) is 69.6 Å². The maximum Gasteiger partial charge on any atom is 0.213 e. The maximum atomic E-state index is 5.97. The molecule has 0 aliphatic rings. The Hall–Kier alpha value is 0.630. The van der Waals surface area contributed by atoms with Crippen molar-refractivity contribution < 1.29 is 0 Å². The average molecular weight is 354 g/mol. The monoisotopic (exact) mass is 351 g/mol. The second-order valence-electron chi connectivity index (χ2n) is 3.23. The van der Waals surface area contributed by atoms with Gasteiger partial charge in [0.15, 0.2) is 3.79 Å². The predicted molar refractivity (Wildman–Crippen MR) is 78.2 cm³/mol. The summed E-state index contributed by atoms with van der Waals surface area (Å²) in [6.45, 7) is 0. The lowest BCUT2D eigenvalue weighted by molar-refractivity contribution is 0.742. The molecule has 0 saturated carbocycles. The van der Waals surface area contributed by atoms with E-state index < -0.39 is 8.25 Å². The van der Waals surface area contributed by atoms with Gasteiger partial charge in [-0.3, -0.25) is 0 Å². The SMILES string of the molecule is ClC(=NC(Cl)(Cl)CC(Cl)(Cl)Cl)c1ccccc1. The van der Waals surface area contributed by atoms with Gasteiger partial charge in [0.2, 0.25) is 4.46 Å². The summed E-state index contributed by atoms with van der Waals surface area (Å²) in [5, 5.41) is 0.157. The van der Waals surface area contributed by atoms with E-state index in [1.807, 2.05) is 18.2 Å². The van der Waals surface area contributed by atoms with Gasteiger partial charge in [0.1, 0.15) is 5.17 Å². The highest BCUT2D eigenvalue weighted by atomic mass is 35.6. The van der Waals surface area contributed by atoms with Crippen LogP contribution in [0.2, 0.25) is 0 Å². The standard InChI is InChI=1S/C10H7Cl6N/c11-8(7-4-2-1-3-5-7)17-10(15,16)6-9(12,13)14/h1-5H,6H2. The van der Waals surface area contributed by atoms with Crippen LogP contribution in [0.5, 0.6) is 0 Å². The van der Waals surface area contributed by atoms with Crippen molar-refractivity contribution in [1.82, 2.24) is 0 Å². The van der Waals surface area contributed by atoms with Crippen molar-refractivity contribution in [1.29, 1.82) is 0 Å². The van der Waals surface area contributed by atoms with Crippen molar-refractivity contribution in [3.05, 3.63) is 35.9 Å². The molecule has 0 heterocycles. The van der Waals surface area contributed by atoms with Gasteiger partial charge < -0.3 is 0 Å². The van der Waals surface area contributed by atoms with Crippen LogP contribution in [-0.4, -0.2) is 13.4 Å². The summed E-state index contributed by atoms with van der Waals surface area (Å²) in [6, 6.07) is 9.01. The van der Waals surface area contributed by atoms with Gasteiger partial charge >= 0.3 is 0 Å². The fourth-order valence-electron chi connectivity index (χ4n) is 1.06. The van der Waals surface area contributed by atoms with Crippen LogP contribution in [0.15, 0.2) is 35.3 Å². The number of benzene rings is 1. The third-order valence-electron chi connectivity index (χ3n) is 1.69. The molecule has 0 bridgehead atoms. The molecule has 1 aromatic carbocycles. The molecule has 0 saturated heterocycles. The van der Waals surface area contributed by atoms with Crippen molar-refractivity contribution in [3.63, 3.8) is 0 Å². The topological polar surface area (TPSA) is 12.4 Å². The number of rotatable bonds is 3. The van der Waals surface area contributed by atoms with Gasteiger partial charge in [0.05, 0.1) is 0 Å². The maximum absolute atomic E-state index is 5.97. The van der Waals surface area contributed by atoms with Crippen LogP contribution in [0.1, 0.15) is 12.0 Å². The van der Waals surface area contributed by atoms with Crippen molar-refractivity contribution in [2.75, 3.05) is 0 Å². The normalized spacial score (nSPS) is 13.9. The highest BCUT2D eigenvalue weighted by Gasteiger charge is 2.35. The van der Waals surface area contributed by atoms with E-state index in [1.54, 1.807) is 12.1 Å². The smallest absolute Gasteiger partial charge is 0.213 e. The highest BCUT2D eigenvalue weighted by molar-refractivity contribution is 6.71. The quantitative estimate of drug-likeness (QED) is 0.383. The summed E-state index contributed by atoms with van der Waals surface area (Å²) in [6.07, 6.45) is -0.170. The van der Waals surface area contributed by atoms with Crippen LogP contribution in [0.4, 0.5) is 0 Å². The fraction of sp³-hybridized carbons (Fsp3) is 0.300. The second-order valence-corrected chi connectivity index (χ2v) is 7.54. The number of hydrogen-bond donors (Lipinski definition) is 0. The van der Waals surface area contributed by atoms with E-state index in [9.17, 15) is 0 Å². The van der Waals surface area contributed by atoms with E-state index in [-0.39, 0.29) is 11.6 Å². The molecule has 17 heavy (non-hydrogen) atoms. The Morgan fingerprint density at radius 3 is 2.00 bits per heavy atom. The average Bonchev–Trinajstić information content (AvgIpc) is 2.14. The van der Waals surface area contributed by atoms with Gasteiger partial charge in [-0.15, -0.1) is 0 Å². The van der Waals surface area contributed by atoms with E-state index in [0.717, 1.165) is 0 Å². The first-order valence-electron chi connectivity index (χ1n) is 4.45. The summed E-state index contributed by atoms with van der Waals surface area (Å²) < 4.78 is -3.18. The molecule has 1 aromatic rings. The minimum atomic E-state index is -1.60. The zero-order chi connectivity index (χ0) is 13.1. The zero-order valence-corrected chi connectivity index (χ0v) is 12.8. The van der Waals surface area contributed by atoms with Crippen LogP contribution in [0.25, 0.3) is 0 Å². The number of nitrogens with zero attached hydrogens (tertiary/aromatic N) is 1. The Balaban J connectivity index is 2.88. The molecular weight excluding hydrogens is 347 g/mol. The van der Waals surface area contributed by atoms with Gasteiger partial charge in [0, 0.05) is 12.0 Å². The third kappa shape index (κ3) is 6.37.